The highest BCUT2D eigenvalue weighted by atomic mass is 16.5. The molecule has 1 rings (SSSR count). The van der Waals surface area contributed by atoms with Gasteiger partial charge in [0.05, 0.1) is 6.54 Å². The first-order chi connectivity index (χ1) is 7.63. The zero-order chi connectivity index (χ0) is 12.0. The zero-order valence-corrected chi connectivity index (χ0v) is 9.71. The summed E-state index contributed by atoms with van der Waals surface area (Å²) in [6.45, 7) is 3.10. The van der Waals surface area contributed by atoms with Crippen LogP contribution in [0, 0.1) is 0 Å². The van der Waals surface area contributed by atoms with Gasteiger partial charge in [-0.05, 0) is 13.3 Å². The van der Waals surface area contributed by atoms with Crippen molar-refractivity contribution in [2.24, 2.45) is 0 Å². The van der Waals surface area contributed by atoms with Crippen molar-refractivity contribution in [3.05, 3.63) is 0 Å². The predicted molar refractivity (Wildman–Crippen MR) is 58.9 cm³/mol. The molecular formula is C10H19N3O3. The van der Waals surface area contributed by atoms with Gasteiger partial charge in [-0.1, -0.05) is 0 Å². The van der Waals surface area contributed by atoms with Crippen LogP contribution in [0.1, 0.15) is 13.3 Å². The van der Waals surface area contributed by atoms with E-state index < -0.39 is 0 Å². The average molecular weight is 229 g/mol. The van der Waals surface area contributed by atoms with E-state index in [1.165, 1.54) is 0 Å². The number of hydrogen-bond acceptors (Lipinski definition) is 4. The molecule has 1 fully saturated rings. The van der Waals surface area contributed by atoms with E-state index in [1.807, 2.05) is 6.92 Å². The van der Waals surface area contributed by atoms with Gasteiger partial charge < -0.3 is 15.4 Å². The summed E-state index contributed by atoms with van der Waals surface area (Å²) in [6, 6.07) is -0.255. The highest BCUT2D eigenvalue weighted by Gasteiger charge is 2.24. The Kier molecular flexibility index (Phi) is 5.21. The van der Waals surface area contributed by atoms with E-state index in [9.17, 15) is 9.59 Å². The van der Waals surface area contributed by atoms with Gasteiger partial charge in [0.15, 0.2) is 0 Å². The lowest BCUT2D eigenvalue weighted by atomic mass is 10.2. The van der Waals surface area contributed by atoms with E-state index in [-0.39, 0.29) is 30.4 Å². The molecule has 0 aliphatic carbocycles. The maximum atomic E-state index is 11.7. The number of amides is 2. The van der Waals surface area contributed by atoms with Crippen molar-refractivity contribution in [3.8, 4) is 0 Å². The van der Waals surface area contributed by atoms with E-state index in [4.69, 9.17) is 4.74 Å². The van der Waals surface area contributed by atoms with Gasteiger partial charge in [-0.25, -0.2) is 0 Å². The maximum absolute atomic E-state index is 11.7. The molecule has 0 spiro atoms. The van der Waals surface area contributed by atoms with Crippen LogP contribution in [0.5, 0.6) is 0 Å². The van der Waals surface area contributed by atoms with Crippen LogP contribution in [0.25, 0.3) is 0 Å². The summed E-state index contributed by atoms with van der Waals surface area (Å²) in [5.41, 5.74) is 0. The number of rotatable bonds is 5. The molecule has 2 amide bonds. The van der Waals surface area contributed by atoms with Crippen LogP contribution in [0.4, 0.5) is 0 Å². The van der Waals surface area contributed by atoms with E-state index in [1.54, 1.807) is 7.11 Å². The largest absolute Gasteiger partial charge is 0.385 e. The molecule has 3 N–H and O–H groups in total. The smallest absolute Gasteiger partial charge is 0.239 e. The molecule has 92 valence electrons. The fourth-order valence-corrected chi connectivity index (χ4v) is 1.46. The Bertz CT molecular complexity index is 248. The van der Waals surface area contributed by atoms with Crippen LogP contribution in [-0.2, 0) is 14.3 Å². The predicted octanol–water partition coefficient (Wildman–Crippen LogP) is -1.38. The van der Waals surface area contributed by atoms with Crippen molar-refractivity contribution in [3.63, 3.8) is 0 Å². The lowest BCUT2D eigenvalue weighted by molar-refractivity contribution is -0.127. The number of hydrogen-bond donors (Lipinski definition) is 3. The molecule has 1 heterocycles. The first-order valence-electron chi connectivity index (χ1n) is 5.43. The van der Waals surface area contributed by atoms with Crippen molar-refractivity contribution in [2.45, 2.75) is 25.4 Å². The molecule has 16 heavy (non-hydrogen) atoms. The van der Waals surface area contributed by atoms with Crippen LogP contribution in [-0.4, -0.2) is 50.7 Å². The number of carbonyl (C=O) groups is 2. The van der Waals surface area contributed by atoms with Gasteiger partial charge in [-0.2, -0.15) is 0 Å². The SMILES string of the molecule is COCCC(C)NC(=O)C1CNC(=O)CN1. The second-order valence-corrected chi connectivity index (χ2v) is 3.93. The normalized spacial score (nSPS) is 22.4. The van der Waals surface area contributed by atoms with Gasteiger partial charge in [-0.3, -0.25) is 14.9 Å². The molecule has 1 saturated heterocycles. The Balaban J connectivity index is 2.26. The first kappa shape index (κ1) is 12.9. The molecule has 6 heteroatoms. The Morgan fingerprint density at radius 2 is 2.44 bits per heavy atom. The second-order valence-electron chi connectivity index (χ2n) is 3.93. The van der Waals surface area contributed by atoms with Crippen molar-refractivity contribution >= 4 is 11.8 Å². The molecule has 0 radical (unpaired) electrons. The van der Waals surface area contributed by atoms with Gasteiger partial charge in [0.1, 0.15) is 6.04 Å². The summed E-state index contributed by atoms with van der Waals surface area (Å²) >= 11 is 0. The number of ether oxygens (including phenoxy) is 1. The minimum absolute atomic E-state index is 0.0727. The second kappa shape index (κ2) is 6.44. The van der Waals surface area contributed by atoms with E-state index in [2.05, 4.69) is 16.0 Å². The van der Waals surface area contributed by atoms with E-state index >= 15 is 0 Å². The molecule has 2 atom stereocenters. The third kappa shape index (κ3) is 4.16. The van der Waals surface area contributed by atoms with Crippen molar-refractivity contribution in [1.29, 1.82) is 0 Å². The Morgan fingerprint density at radius 1 is 1.69 bits per heavy atom. The Labute approximate surface area is 95.1 Å². The molecule has 0 aromatic rings. The average Bonchev–Trinajstić information content (AvgIpc) is 2.27. The molecule has 2 unspecified atom stereocenters. The van der Waals surface area contributed by atoms with Gasteiger partial charge in [-0.15, -0.1) is 0 Å². The molecule has 6 nitrogen and oxygen atoms in total. The lowest BCUT2D eigenvalue weighted by Crippen LogP contribution is -2.58. The zero-order valence-electron chi connectivity index (χ0n) is 9.71. The summed E-state index contributed by atoms with van der Waals surface area (Å²) in [6.07, 6.45) is 0.779. The third-order valence-electron chi connectivity index (χ3n) is 2.47. The Hall–Kier alpha value is -1.14. The van der Waals surface area contributed by atoms with Crippen molar-refractivity contribution < 1.29 is 14.3 Å². The minimum atomic E-state index is -0.331. The Morgan fingerprint density at radius 3 is 3.00 bits per heavy atom. The molecule has 1 aliphatic heterocycles. The summed E-state index contributed by atoms with van der Waals surface area (Å²) in [7, 11) is 1.63. The van der Waals surface area contributed by atoms with Crippen LogP contribution in [0.15, 0.2) is 0 Å². The molecule has 0 aromatic carbocycles. The van der Waals surface area contributed by atoms with Crippen LogP contribution >= 0.6 is 0 Å². The van der Waals surface area contributed by atoms with Gasteiger partial charge in [0.2, 0.25) is 11.8 Å². The van der Waals surface area contributed by atoms with Crippen LogP contribution < -0.4 is 16.0 Å². The number of piperazine rings is 1. The van der Waals surface area contributed by atoms with Crippen molar-refractivity contribution in [1.82, 2.24) is 16.0 Å². The highest BCUT2D eigenvalue weighted by molar-refractivity contribution is 5.86. The molecule has 0 aromatic heterocycles. The van der Waals surface area contributed by atoms with Crippen LogP contribution in [0.3, 0.4) is 0 Å². The van der Waals surface area contributed by atoms with Crippen LogP contribution in [0.2, 0.25) is 0 Å². The summed E-state index contributed by atoms with van der Waals surface area (Å²) in [5, 5.41) is 8.38. The standard InChI is InChI=1S/C10H19N3O3/c1-7(3-4-16-2)13-10(15)8-5-12-9(14)6-11-8/h7-8,11H,3-6H2,1-2H3,(H,12,14)(H,13,15). The molecule has 0 bridgehead atoms. The quantitative estimate of drug-likeness (QED) is 0.542. The molecule has 1 aliphatic rings. The summed E-state index contributed by atoms with van der Waals surface area (Å²) in [5.74, 6) is -0.153. The van der Waals surface area contributed by atoms with Gasteiger partial charge in [0.25, 0.3) is 0 Å². The van der Waals surface area contributed by atoms with Crippen molar-refractivity contribution in [2.75, 3.05) is 26.8 Å². The third-order valence-corrected chi connectivity index (χ3v) is 2.47. The minimum Gasteiger partial charge on any atom is -0.385 e. The van der Waals surface area contributed by atoms with Gasteiger partial charge in [0, 0.05) is 26.3 Å². The summed E-state index contributed by atoms with van der Waals surface area (Å²) in [4.78, 5) is 22.6. The topological polar surface area (TPSA) is 79.5 Å². The number of methoxy groups -OCH3 is 1. The fourth-order valence-electron chi connectivity index (χ4n) is 1.46. The number of carbonyl (C=O) groups excluding carboxylic acids is 2. The fraction of sp³-hybridized carbons (Fsp3) is 0.800. The van der Waals surface area contributed by atoms with Gasteiger partial charge >= 0.3 is 0 Å². The van der Waals surface area contributed by atoms with E-state index in [0.29, 0.717) is 13.2 Å². The first-order valence-corrected chi connectivity index (χ1v) is 5.43. The molecular weight excluding hydrogens is 210 g/mol. The maximum Gasteiger partial charge on any atom is 0.239 e. The number of nitrogens with one attached hydrogen (secondary N) is 3. The molecule has 0 saturated carbocycles. The highest BCUT2D eigenvalue weighted by Crippen LogP contribution is 1.94. The van der Waals surface area contributed by atoms with E-state index in [0.717, 1.165) is 6.42 Å². The monoisotopic (exact) mass is 229 g/mol. The lowest BCUT2D eigenvalue weighted by Gasteiger charge is -2.24. The summed E-state index contributed by atoms with van der Waals surface area (Å²) < 4.78 is 4.93.